The molecular formula is C27H25NO3S. The first kappa shape index (κ1) is 21.9. The van der Waals surface area contributed by atoms with Gasteiger partial charge in [0.25, 0.3) is 0 Å². The zero-order valence-corrected chi connectivity index (χ0v) is 18.8. The van der Waals surface area contributed by atoms with Crippen LogP contribution >= 0.6 is 11.3 Å². The van der Waals surface area contributed by atoms with Gasteiger partial charge in [0.05, 0.1) is 7.11 Å². The maximum Gasteiger partial charge on any atom is 0.341 e. The number of anilines is 1. The van der Waals surface area contributed by atoms with Gasteiger partial charge in [-0.05, 0) is 42.0 Å². The van der Waals surface area contributed by atoms with Crippen molar-refractivity contribution in [3.63, 3.8) is 0 Å². The lowest BCUT2D eigenvalue weighted by atomic mass is 9.83. The molecule has 0 radical (unpaired) electrons. The first-order valence-corrected chi connectivity index (χ1v) is 11.7. The van der Waals surface area contributed by atoms with Gasteiger partial charge in [-0.25, -0.2) is 4.79 Å². The van der Waals surface area contributed by atoms with Gasteiger partial charge in [0.1, 0.15) is 10.6 Å². The Labute approximate surface area is 192 Å². The van der Waals surface area contributed by atoms with Gasteiger partial charge in [-0.3, -0.25) is 4.79 Å². The van der Waals surface area contributed by atoms with Crippen molar-refractivity contribution in [2.75, 3.05) is 12.4 Å². The molecule has 1 aliphatic carbocycles. The number of carbonyl (C=O) groups is 2. The van der Waals surface area contributed by atoms with Gasteiger partial charge in [-0.15, -0.1) is 11.3 Å². The van der Waals surface area contributed by atoms with Gasteiger partial charge in [-0.1, -0.05) is 67.6 Å². The maximum absolute atomic E-state index is 12.6. The summed E-state index contributed by atoms with van der Waals surface area (Å²) in [5.74, 6) is 5.08. The Balaban J connectivity index is 1.57. The van der Waals surface area contributed by atoms with Crippen molar-refractivity contribution < 1.29 is 14.3 Å². The third-order valence-electron chi connectivity index (χ3n) is 5.80. The third-order valence-corrected chi connectivity index (χ3v) is 6.70. The van der Waals surface area contributed by atoms with E-state index in [1.54, 1.807) is 0 Å². The second-order valence-electron chi connectivity index (χ2n) is 7.87. The predicted octanol–water partition coefficient (Wildman–Crippen LogP) is 6.24. The Kier molecular flexibility index (Phi) is 7.03. The highest BCUT2D eigenvalue weighted by molar-refractivity contribution is 7.15. The van der Waals surface area contributed by atoms with E-state index < -0.39 is 11.9 Å². The van der Waals surface area contributed by atoms with Crippen LogP contribution in [0.25, 0.3) is 11.1 Å². The number of carbonyl (C=O) groups excluding carboxylic acids is 2. The van der Waals surface area contributed by atoms with Crippen LogP contribution in [0, 0.1) is 11.8 Å². The molecule has 1 aromatic heterocycles. The Bertz CT molecular complexity index is 1150. The summed E-state index contributed by atoms with van der Waals surface area (Å²) in [4.78, 5) is 24.9. The molecule has 5 heteroatoms. The SMILES string of the molecule is COC(=O)c1c(-c2ccc(C3CCCCC3)cc2)csc1NC(=O)C#Cc1ccccc1. The number of esters is 1. The van der Waals surface area contributed by atoms with Crippen LogP contribution in [0.3, 0.4) is 0 Å². The van der Waals surface area contributed by atoms with Crippen LogP contribution in [-0.2, 0) is 9.53 Å². The molecule has 0 spiro atoms. The summed E-state index contributed by atoms with van der Waals surface area (Å²) in [6.07, 6.45) is 6.40. The van der Waals surface area contributed by atoms with Crippen LogP contribution in [0.1, 0.15) is 59.5 Å². The van der Waals surface area contributed by atoms with E-state index in [2.05, 4.69) is 41.4 Å². The quantitative estimate of drug-likeness (QED) is 0.384. The molecule has 3 aromatic rings. The second kappa shape index (κ2) is 10.3. The Morgan fingerprint density at radius 2 is 1.72 bits per heavy atom. The number of ether oxygens (including phenoxy) is 1. The molecule has 32 heavy (non-hydrogen) atoms. The normalized spacial score (nSPS) is 13.7. The molecule has 162 valence electrons. The zero-order chi connectivity index (χ0) is 22.3. The molecule has 0 atom stereocenters. The zero-order valence-electron chi connectivity index (χ0n) is 18.0. The summed E-state index contributed by atoms with van der Waals surface area (Å²) in [6.45, 7) is 0. The highest BCUT2D eigenvalue weighted by Crippen LogP contribution is 2.38. The number of rotatable bonds is 4. The van der Waals surface area contributed by atoms with Crippen molar-refractivity contribution in [2.24, 2.45) is 0 Å². The molecule has 1 aliphatic rings. The van der Waals surface area contributed by atoms with E-state index in [1.165, 1.54) is 56.1 Å². The van der Waals surface area contributed by atoms with Gasteiger partial charge in [0.15, 0.2) is 0 Å². The van der Waals surface area contributed by atoms with Crippen molar-refractivity contribution in [1.82, 2.24) is 0 Å². The minimum atomic E-state index is -0.482. The summed E-state index contributed by atoms with van der Waals surface area (Å²) in [7, 11) is 1.34. The van der Waals surface area contributed by atoms with E-state index >= 15 is 0 Å². The van der Waals surface area contributed by atoms with Crippen molar-refractivity contribution in [3.8, 4) is 23.0 Å². The van der Waals surface area contributed by atoms with E-state index in [4.69, 9.17) is 4.74 Å². The first-order chi connectivity index (χ1) is 15.7. The van der Waals surface area contributed by atoms with Gasteiger partial charge in [-0.2, -0.15) is 0 Å². The van der Waals surface area contributed by atoms with E-state index in [0.29, 0.717) is 16.5 Å². The van der Waals surface area contributed by atoms with Gasteiger partial charge < -0.3 is 10.1 Å². The smallest absolute Gasteiger partial charge is 0.341 e. The third kappa shape index (κ3) is 5.09. The minimum absolute atomic E-state index is 0.359. The molecule has 0 unspecified atom stereocenters. The lowest BCUT2D eigenvalue weighted by molar-refractivity contribution is -0.111. The number of thiophene rings is 1. The molecule has 4 nitrogen and oxygen atoms in total. The number of hydrogen-bond donors (Lipinski definition) is 1. The molecule has 4 rings (SSSR count). The predicted molar refractivity (Wildman–Crippen MR) is 129 cm³/mol. The summed E-state index contributed by atoms with van der Waals surface area (Å²) < 4.78 is 5.01. The van der Waals surface area contributed by atoms with Crippen molar-refractivity contribution in [3.05, 3.63) is 76.7 Å². The van der Waals surface area contributed by atoms with Crippen molar-refractivity contribution in [1.29, 1.82) is 0 Å². The molecule has 1 amide bonds. The fraction of sp³-hybridized carbons (Fsp3) is 0.259. The Morgan fingerprint density at radius 3 is 2.41 bits per heavy atom. The Hall–Kier alpha value is -3.36. The average molecular weight is 444 g/mol. The van der Waals surface area contributed by atoms with Gasteiger partial charge in [0.2, 0.25) is 0 Å². The molecule has 0 saturated heterocycles. The summed E-state index contributed by atoms with van der Waals surface area (Å²) in [6, 6.07) is 17.7. The molecule has 0 aliphatic heterocycles. The van der Waals surface area contributed by atoms with Crippen LogP contribution in [0.4, 0.5) is 5.00 Å². The number of methoxy groups -OCH3 is 1. The highest BCUT2D eigenvalue weighted by atomic mass is 32.1. The number of benzene rings is 2. The molecular weight excluding hydrogens is 418 g/mol. The van der Waals surface area contributed by atoms with Crippen molar-refractivity contribution in [2.45, 2.75) is 38.0 Å². The number of hydrogen-bond acceptors (Lipinski definition) is 4. The maximum atomic E-state index is 12.6. The van der Waals surface area contributed by atoms with E-state index in [1.807, 2.05) is 35.7 Å². The average Bonchev–Trinajstić information content (AvgIpc) is 3.27. The first-order valence-electron chi connectivity index (χ1n) is 10.8. The van der Waals surface area contributed by atoms with Crippen LogP contribution in [0.2, 0.25) is 0 Å². The number of nitrogens with one attached hydrogen (secondary N) is 1. The standard InChI is InChI=1S/C27H25NO3S/c1-31-27(30)25-23(22-15-13-21(14-16-22)20-10-6-3-7-11-20)18-32-26(25)28-24(29)17-12-19-8-4-2-5-9-19/h2,4-5,8-9,13-16,18,20H,3,6-7,10-11H2,1H3,(H,28,29). The molecule has 1 N–H and O–H groups in total. The van der Waals surface area contributed by atoms with Gasteiger partial charge >= 0.3 is 11.9 Å². The molecule has 0 bridgehead atoms. The van der Waals surface area contributed by atoms with E-state index in [-0.39, 0.29) is 0 Å². The van der Waals surface area contributed by atoms with E-state index in [0.717, 1.165) is 16.7 Å². The van der Waals surface area contributed by atoms with Crippen LogP contribution in [-0.4, -0.2) is 19.0 Å². The van der Waals surface area contributed by atoms with E-state index in [9.17, 15) is 9.59 Å². The summed E-state index contributed by atoms with van der Waals surface area (Å²) in [5.41, 5.74) is 4.15. The van der Waals surface area contributed by atoms with Crippen LogP contribution in [0.15, 0.2) is 60.0 Å². The summed E-state index contributed by atoms with van der Waals surface area (Å²) >= 11 is 1.30. The number of amides is 1. The van der Waals surface area contributed by atoms with Gasteiger partial charge in [0, 0.05) is 22.4 Å². The molecule has 2 aromatic carbocycles. The van der Waals surface area contributed by atoms with Crippen molar-refractivity contribution >= 4 is 28.2 Å². The molecule has 1 heterocycles. The summed E-state index contributed by atoms with van der Waals surface area (Å²) in [5, 5.41) is 5.07. The molecule has 1 fully saturated rings. The lowest BCUT2D eigenvalue weighted by Crippen LogP contribution is -2.12. The van der Waals surface area contributed by atoms with Crippen LogP contribution < -0.4 is 5.32 Å². The monoisotopic (exact) mass is 443 g/mol. The Morgan fingerprint density at radius 1 is 1.00 bits per heavy atom. The topological polar surface area (TPSA) is 55.4 Å². The molecule has 1 saturated carbocycles. The van der Waals surface area contributed by atoms with Crippen LogP contribution in [0.5, 0.6) is 0 Å². The fourth-order valence-electron chi connectivity index (χ4n) is 4.12. The fourth-order valence-corrected chi connectivity index (χ4v) is 5.08. The lowest BCUT2D eigenvalue weighted by Gasteiger charge is -2.22. The largest absolute Gasteiger partial charge is 0.465 e. The highest BCUT2D eigenvalue weighted by Gasteiger charge is 2.22. The minimum Gasteiger partial charge on any atom is -0.465 e. The second-order valence-corrected chi connectivity index (χ2v) is 8.75.